The van der Waals surface area contributed by atoms with Crippen LogP contribution in [0.5, 0.6) is 5.75 Å². The monoisotopic (exact) mass is 376 g/mol. The van der Waals surface area contributed by atoms with Crippen molar-refractivity contribution >= 4 is 30.7 Å². The van der Waals surface area contributed by atoms with Crippen molar-refractivity contribution in [3.63, 3.8) is 0 Å². The molecule has 0 aliphatic carbocycles. The number of hydrogen-bond donors (Lipinski definition) is 1. The Bertz CT molecular complexity index is 500. The number of pyridine rings is 1. The van der Waals surface area contributed by atoms with Crippen molar-refractivity contribution in [3.05, 3.63) is 24.5 Å². The van der Waals surface area contributed by atoms with E-state index in [0.717, 1.165) is 45.7 Å². The number of nitrogens with one attached hydrogen (secondary N) is 1. The summed E-state index contributed by atoms with van der Waals surface area (Å²) in [4.78, 5) is 21.0. The fourth-order valence-corrected chi connectivity index (χ4v) is 3.22. The Balaban J connectivity index is 0.00000144. The summed E-state index contributed by atoms with van der Waals surface area (Å²) >= 11 is 0. The molecule has 3 heterocycles. The number of rotatable bonds is 4. The zero-order valence-electron chi connectivity index (χ0n) is 13.9. The summed E-state index contributed by atoms with van der Waals surface area (Å²) in [7, 11) is 0. The first-order chi connectivity index (χ1) is 10.7. The second kappa shape index (κ2) is 10.0. The lowest BCUT2D eigenvalue weighted by molar-refractivity contribution is -0.137. The predicted octanol–water partition coefficient (Wildman–Crippen LogP) is 1.20. The van der Waals surface area contributed by atoms with E-state index < -0.39 is 6.10 Å². The molecule has 0 aromatic carbocycles. The fraction of sp³-hybridized carbons (Fsp3) is 0.625. The summed E-state index contributed by atoms with van der Waals surface area (Å²) in [5, 5.41) is 3.37. The van der Waals surface area contributed by atoms with Crippen LogP contribution in [-0.2, 0) is 4.79 Å². The zero-order valence-corrected chi connectivity index (χ0v) is 15.5. The molecule has 3 rings (SSSR count). The van der Waals surface area contributed by atoms with Gasteiger partial charge in [-0.1, -0.05) is 0 Å². The molecule has 0 radical (unpaired) electrons. The van der Waals surface area contributed by atoms with Crippen LogP contribution in [0, 0.1) is 0 Å². The van der Waals surface area contributed by atoms with Crippen LogP contribution in [0.3, 0.4) is 0 Å². The van der Waals surface area contributed by atoms with E-state index in [2.05, 4.69) is 15.2 Å². The Hall–Kier alpha value is -1.08. The Morgan fingerprint density at radius 1 is 1.33 bits per heavy atom. The third-order valence-electron chi connectivity index (χ3n) is 4.44. The van der Waals surface area contributed by atoms with E-state index in [0.29, 0.717) is 11.8 Å². The van der Waals surface area contributed by atoms with Crippen molar-refractivity contribution in [1.29, 1.82) is 0 Å². The van der Waals surface area contributed by atoms with Gasteiger partial charge in [-0.2, -0.15) is 0 Å². The summed E-state index contributed by atoms with van der Waals surface area (Å²) in [6, 6.07) is 4.13. The highest BCUT2D eigenvalue weighted by atomic mass is 35.5. The van der Waals surface area contributed by atoms with Crippen LogP contribution < -0.4 is 10.1 Å². The number of halogens is 2. The number of likely N-dealkylation sites (tertiary alicyclic amines) is 1. The smallest absolute Gasteiger partial charge is 0.263 e. The van der Waals surface area contributed by atoms with Crippen molar-refractivity contribution in [2.45, 2.75) is 25.5 Å². The van der Waals surface area contributed by atoms with Gasteiger partial charge in [0.25, 0.3) is 5.91 Å². The molecular formula is C16H26Cl2N4O2. The Morgan fingerprint density at radius 2 is 2.08 bits per heavy atom. The lowest BCUT2D eigenvalue weighted by atomic mass is 10.2. The average molecular weight is 377 g/mol. The van der Waals surface area contributed by atoms with Crippen LogP contribution >= 0.6 is 24.8 Å². The number of carbonyl (C=O) groups excluding carboxylic acids is 1. The van der Waals surface area contributed by atoms with E-state index >= 15 is 0 Å². The maximum atomic E-state index is 12.5. The molecule has 6 nitrogen and oxygen atoms in total. The molecular weight excluding hydrogens is 351 g/mol. The molecule has 2 saturated heterocycles. The normalized spacial score (nSPS) is 22.2. The molecule has 24 heavy (non-hydrogen) atoms. The van der Waals surface area contributed by atoms with Gasteiger partial charge in [0, 0.05) is 51.5 Å². The van der Waals surface area contributed by atoms with E-state index in [1.54, 1.807) is 12.4 Å². The third-order valence-corrected chi connectivity index (χ3v) is 4.44. The maximum absolute atomic E-state index is 12.5. The Morgan fingerprint density at radius 3 is 2.75 bits per heavy atom. The van der Waals surface area contributed by atoms with Gasteiger partial charge >= 0.3 is 0 Å². The lowest BCUT2D eigenvalue weighted by Crippen LogP contribution is -2.50. The van der Waals surface area contributed by atoms with Crippen LogP contribution in [0.25, 0.3) is 0 Å². The van der Waals surface area contributed by atoms with Gasteiger partial charge in [-0.3, -0.25) is 14.7 Å². The summed E-state index contributed by atoms with van der Waals surface area (Å²) < 4.78 is 5.69. The highest BCUT2D eigenvalue weighted by molar-refractivity contribution is 5.85. The van der Waals surface area contributed by atoms with Crippen LogP contribution in [0.4, 0.5) is 0 Å². The van der Waals surface area contributed by atoms with Crippen LogP contribution in [0.2, 0.25) is 0 Å². The number of nitrogens with zero attached hydrogens (tertiary/aromatic N) is 3. The summed E-state index contributed by atoms with van der Waals surface area (Å²) in [6.45, 7) is 7.71. The van der Waals surface area contributed by atoms with E-state index in [1.807, 2.05) is 24.0 Å². The van der Waals surface area contributed by atoms with Crippen LogP contribution in [0.15, 0.2) is 24.5 Å². The molecule has 1 aromatic rings. The minimum atomic E-state index is -0.467. The second-order valence-corrected chi connectivity index (χ2v) is 5.96. The number of piperazine rings is 1. The molecule has 2 unspecified atom stereocenters. The summed E-state index contributed by atoms with van der Waals surface area (Å²) in [5.41, 5.74) is 0. The molecule has 0 bridgehead atoms. The summed E-state index contributed by atoms with van der Waals surface area (Å²) in [5.74, 6) is 0.711. The zero-order chi connectivity index (χ0) is 15.4. The first-order valence-electron chi connectivity index (χ1n) is 8.04. The van der Waals surface area contributed by atoms with Crippen molar-refractivity contribution in [3.8, 4) is 5.75 Å². The van der Waals surface area contributed by atoms with Gasteiger partial charge in [-0.25, -0.2) is 0 Å². The second-order valence-electron chi connectivity index (χ2n) is 5.96. The number of amides is 1. The molecule has 1 aromatic heterocycles. The minimum Gasteiger partial charge on any atom is -0.479 e. The predicted molar refractivity (Wildman–Crippen MR) is 98.3 cm³/mol. The molecule has 2 aliphatic heterocycles. The minimum absolute atomic E-state index is 0. The first kappa shape index (κ1) is 21.0. The summed E-state index contributed by atoms with van der Waals surface area (Å²) in [6.07, 6.45) is 3.92. The van der Waals surface area contributed by atoms with E-state index in [4.69, 9.17) is 4.74 Å². The van der Waals surface area contributed by atoms with Gasteiger partial charge in [0.2, 0.25) is 0 Å². The molecule has 2 aliphatic rings. The van der Waals surface area contributed by atoms with Gasteiger partial charge < -0.3 is 15.0 Å². The number of carbonyl (C=O) groups is 1. The average Bonchev–Trinajstić information content (AvgIpc) is 3.06. The van der Waals surface area contributed by atoms with Gasteiger partial charge in [-0.15, -0.1) is 24.8 Å². The van der Waals surface area contributed by atoms with Gasteiger partial charge in [0.15, 0.2) is 6.10 Å². The lowest BCUT2D eigenvalue weighted by Gasteiger charge is -2.32. The fourth-order valence-electron chi connectivity index (χ4n) is 3.22. The highest BCUT2D eigenvalue weighted by Gasteiger charge is 2.33. The molecule has 0 saturated carbocycles. The van der Waals surface area contributed by atoms with E-state index in [9.17, 15) is 4.79 Å². The Kier molecular flexibility index (Phi) is 8.76. The number of aromatic nitrogens is 1. The largest absolute Gasteiger partial charge is 0.479 e. The van der Waals surface area contributed by atoms with E-state index in [1.165, 1.54) is 0 Å². The van der Waals surface area contributed by atoms with Crippen LogP contribution in [0.1, 0.15) is 13.3 Å². The SMILES string of the molecule is CC(Oc1cccnc1)C(=O)N1CCC(N2CCNCC2)C1.Cl.Cl. The van der Waals surface area contributed by atoms with E-state index in [-0.39, 0.29) is 30.7 Å². The molecule has 0 spiro atoms. The molecule has 1 N–H and O–H groups in total. The van der Waals surface area contributed by atoms with Crippen molar-refractivity contribution < 1.29 is 9.53 Å². The maximum Gasteiger partial charge on any atom is 0.263 e. The third kappa shape index (κ3) is 5.21. The molecule has 2 fully saturated rings. The standard InChI is InChI=1S/C16H24N4O2.2ClH/c1-13(22-15-3-2-5-18-11-15)16(21)20-8-4-14(12-20)19-9-6-17-7-10-19;;/h2-3,5,11,13-14,17H,4,6-10,12H2,1H3;2*1H. The molecule has 8 heteroatoms. The molecule has 136 valence electrons. The quantitative estimate of drug-likeness (QED) is 0.855. The van der Waals surface area contributed by atoms with Gasteiger partial charge in [0.05, 0.1) is 6.20 Å². The molecule has 2 atom stereocenters. The van der Waals surface area contributed by atoms with Gasteiger partial charge in [0.1, 0.15) is 5.75 Å². The number of hydrogen-bond acceptors (Lipinski definition) is 5. The topological polar surface area (TPSA) is 57.7 Å². The first-order valence-corrected chi connectivity index (χ1v) is 8.04. The number of ether oxygens (including phenoxy) is 1. The molecule has 1 amide bonds. The van der Waals surface area contributed by atoms with Crippen molar-refractivity contribution in [1.82, 2.24) is 20.1 Å². The van der Waals surface area contributed by atoms with Gasteiger partial charge in [-0.05, 0) is 25.5 Å². The Labute approximate surface area is 155 Å². The van der Waals surface area contributed by atoms with Crippen molar-refractivity contribution in [2.75, 3.05) is 39.3 Å². The van der Waals surface area contributed by atoms with Crippen molar-refractivity contribution in [2.24, 2.45) is 0 Å². The van der Waals surface area contributed by atoms with Crippen LogP contribution in [-0.4, -0.2) is 72.1 Å². The highest BCUT2D eigenvalue weighted by Crippen LogP contribution is 2.18.